The minimum atomic E-state index is 0.736. The number of hydrogen-bond acceptors (Lipinski definition) is 3. The van der Waals surface area contributed by atoms with Crippen LogP contribution in [0.1, 0.15) is 39.5 Å². The molecule has 0 aliphatic carbocycles. The Balaban J connectivity index is 1.50. The van der Waals surface area contributed by atoms with E-state index >= 15 is 0 Å². The standard InChI is InChI=1S/C17H26N4/c1-13-7-5-8-14(2)21(13)12-6-11-18-17-15-9-3-4-10-16(15)19-20-17/h3-4,9-10,13-14H,5-8,11-12H2,1-2H3,(H2,18,19,20)/t13-,14+. The largest absolute Gasteiger partial charge is 0.368 e. The lowest BCUT2D eigenvalue weighted by Crippen LogP contribution is -2.44. The number of likely N-dealkylation sites (tertiary alicyclic amines) is 1. The van der Waals surface area contributed by atoms with Gasteiger partial charge in [0.2, 0.25) is 0 Å². The minimum Gasteiger partial charge on any atom is -0.368 e. The van der Waals surface area contributed by atoms with Gasteiger partial charge in [0.15, 0.2) is 5.82 Å². The first kappa shape index (κ1) is 14.4. The normalized spacial score (nSPS) is 23.5. The van der Waals surface area contributed by atoms with Gasteiger partial charge in [0.25, 0.3) is 0 Å². The molecule has 1 fully saturated rings. The summed E-state index contributed by atoms with van der Waals surface area (Å²) < 4.78 is 0. The van der Waals surface area contributed by atoms with Gasteiger partial charge in [-0.2, -0.15) is 5.10 Å². The summed E-state index contributed by atoms with van der Waals surface area (Å²) in [5, 5.41) is 12.1. The Kier molecular flexibility index (Phi) is 4.44. The average Bonchev–Trinajstić information content (AvgIpc) is 2.89. The Hall–Kier alpha value is -1.55. The molecule has 3 rings (SSSR count). The number of hydrogen-bond donors (Lipinski definition) is 2. The summed E-state index contributed by atoms with van der Waals surface area (Å²) in [6, 6.07) is 9.73. The van der Waals surface area contributed by atoms with Gasteiger partial charge in [-0.15, -0.1) is 0 Å². The average molecular weight is 286 g/mol. The molecule has 0 amide bonds. The molecule has 21 heavy (non-hydrogen) atoms. The fourth-order valence-corrected chi connectivity index (χ4v) is 3.48. The van der Waals surface area contributed by atoms with Gasteiger partial charge in [0.05, 0.1) is 5.52 Å². The van der Waals surface area contributed by atoms with Crippen molar-refractivity contribution >= 4 is 16.7 Å². The minimum absolute atomic E-state index is 0.736. The summed E-state index contributed by atoms with van der Waals surface area (Å²) in [4.78, 5) is 2.66. The summed E-state index contributed by atoms with van der Waals surface area (Å²) in [5.41, 5.74) is 1.10. The zero-order chi connectivity index (χ0) is 14.7. The summed E-state index contributed by atoms with van der Waals surface area (Å²) in [7, 11) is 0. The van der Waals surface area contributed by atoms with Crippen molar-refractivity contribution in [2.24, 2.45) is 0 Å². The molecule has 1 aliphatic heterocycles. The van der Waals surface area contributed by atoms with Crippen molar-refractivity contribution in [3.63, 3.8) is 0 Å². The lowest BCUT2D eigenvalue weighted by molar-refractivity contribution is 0.103. The molecule has 1 aromatic carbocycles. The van der Waals surface area contributed by atoms with Crippen molar-refractivity contribution in [1.82, 2.24) is 15.1 Å². The number of piperidine rings is 1. The van der Waals surface area contributed by atoms with Crippen molar-refractivity contribution < 1.29 is 0 Å². The highest BCUT2D eigenvalue weighted by Gasteiger charge is 2.23. The number of rotatable bonds is 5. The first-order valence-electron chi connectivity index (χ1n) is 8.18. The number of aromatic nitrogens is 2. The van der Waals surface area contributed by atoms with E-state index in [0.29, 0.717) is 0 Å². The van der Waals surface area contributed by atoms with E-state index in [1.54, 1.807) is 0 Å². The number of nitrogens with zero attached hydrogens (tertiary/aromatic N) is 2. The quantitative estimate of drug-likeness (QED) is 0.825. The van der Waals surface area contributed by atoms with Gasteiger partial charge in [-0.25, -0.2) is 0 Å². The molecular weight excluding hydrogens is 260 g/mol. The second-order valence-electron chi connectivity index (χ2n) is 6.26. The third-order valence-electron chi connectivity index (χ3n) is 4.73. The van der Waals surface area contributed by atoms with Crippen LogP contribution in [-0.2, 0) is 0 Å². The third kappa shape index (κ3) is 3.21. The molecule has 0 spiro atoms. The maximum absolute atomic E-state index is 4.36. The van der Waals surface area contributed by atoms with E-state index in [2.05, 4.69) is 52.5 Å². The molecule has 2 N–H and O–H groups in total. The first-order valence-corrected chi connectivity index (χ1v) is 8.18. The fourth-order valence-electron chi connectivity index (χ4n) is 3.48. The Labute approximate surface area is 126 Å². The Morgan fingerprint density at radius 3 is 2.81 bits per heavy atom. The molecular formula is C17H26N4. The molecule has 2 atom stereocenters. The molecule has 4 heteroatoms. The molecule has 2 aromatic rings. The van der Waals surface area contributed by atoms with Crippen LogP contribution in [0.15, 0.2) is 24.3 Å². The van der Waals surface area contributed by atoms with Gasteiger partial charge in [-0.05, 0) is 45.2 Å². The molecule has 1 aliphatic rings. The molecule has 1 aromatic heterocycles. The Morgan fingerprint density at radius 1 is 1.24 bits per heavy atom. The van der Waals surface area contributed by atoms with E-state index in [4.69, 9.17) is 0 Å². The number of benzene rings is 1. The lowest BCUT2D eigenvalue weighted by Gasteiger charge is -2.39. The van der Waals surface area contributed by atoms with Gasteiger partial charge < -0.3 is 5.32 Å². The van der Waals surface area contributed by atoms with Crippen LogP contribution in [-0.4, -0.2) is 40.3 Å². The van der Waals surface area contributed by atoms with E-state index in [-0.39, 0.29) is 0 Å². The van der Waals surface area contributed by atoms with Gasteiger partial charge in [0.1, 0.15) is 0 Å². The summed E-state index contributed by atoms with van der Waals surface area (Å²) in [6.07, 6.45) is 5.25. The van der Waals surface area contributed by atoms with E-state index in [9.17, 15) is 0 Å². The number of H-pyrrole nitrogens is 1. The summed E-state index contributed by atoms with van der Waals surface area (Å²) in [5.74, 6) is 0.977. The predicted octanol–water partition coefficient (Wildman–Crippen LogP) is 3.63. The molecule has 114 valence electrons. The zero-order valence-electron chi connectivity index (χ0n) is 13.1. The number of fused-ring (bicyclic) bond motifs is 1. The van der Waals surface area contributed by atoms with Crippen molar-refractivity contribution in [3.8, 4) is 0 Å². The van der Waals surface area contributed by atoms with Crippen molar-refractivity contribution in [2.75, 3.05) is 18.4 Å². The molecule has 1 saturated heterocycles. The number of para-hydroxylation sites is 1. The molecule has 2 heterocycles. The van der Waals surface area contributed by atoms with Gasteiger partial charge in [-0.1, -0.05) is 18.6 Å². The highest BCUT2D eigenvalue weighted by molar-refractivity contribution is 5.89. The molecule has 0 bridgehead atoms. The van der Waals surface area contributed by atoms with Crippen molar-refractivity contribution in [1.29, 1.82) is 0 Å². The monoisotopic (exact) mass is 286 g/mol. The van der Waals surface area contributed by atoms with Gasteiger partial charge in [0, 0.05) is 30.6 Å². The van der Waals surface area contributed by atoms with E-state index in [0.717, 1.165) is 36.4 Å². The van der Waals surface area contributed by atoms with Crippen LogP contribution >= 0.6 is 0 Å². The Morgan fingerprint density at radius 2 is 2.00 bits per heavy atom. The van der Waals surface area contributed by atoms with Crippen LogP contribution in [0.25, 0.3) is 10.9 Å². The second kappa shape index (κ2) is 6.48. The van der Waals surface area contributed by atoms with Crippen LogP contribution in [0.3, 0.4) is 0 Å². The van der Waals surface area contributed by atoms with Crippen LogP contribution in [0, 0.1) is 0 Å². The second-order valence-corrected chi connectivity index (χ2v) is 6.26. The lowest BCUT2D eigenvalue weighted by atomic mass is 9.97. The number of anilines is 1. The van der Waals surface area contributed by atoms with Gasteiger partial charge >= 0.3 is 0 Å². The smallest absolute Gasteiger partial charge is 0.155 e. The fraction of sp³-hybridized carbons (Fsp3) is 0.588. The maximum atomic E-state index is 4.36. The number of nitrogens with one attached hydrogen (secondary N) is 2. The van der Waals surface area contributed by atoms with E-state index in [1.165, 1.54) is 31.2 Å². The highest BCUT2D eigenvalue weighted by Crippen LogP contribution is 2.23. The topological polar surface area (TPSA) is 44.0 Å². The maximum Gasteiger partial charge on any atom is 0.155 e. The highest BCUT2D eigenvalue weighted by atomic mass is 15.2. The van der Waals surface area contributed by atoms with Crippen LogP contribution in [0.2, 0.25) is 0 Å². The predicted molar refractivity (Wildman–Crippen MR) is 88.7 cm³/mol. The molecule has 0 radical (unpaired) electrons. The zero-order valence-corrected chi connectivity index (χ0v) is 13.1. The van der Waals surface area contributed by atoms with Crippen LogP contribution in [0.5, 0.6) is 0 Å². The SMILES string of the molecule is C[C@@H]1CCC[C@H](C)N1CCCNc1n[nH]c2ccccc12. The first-order chi connectivity index (χ1) is 10.3. The molecule has 4 nitrogen and oxygen atoms in total. The van der Waals surface area contributed by atoms with E-state index < -0.39 is 0 Å². The Bertz CT molecular complexity index is 567. The molecule has 0 saturated carbocycles. The number of aromatic amines is 1. The van der Waals surface area contributed by atoms with Gasteiger partial charge in [-0.3, -0.25) is 10.00 Å². The van der Waals surface area contributed by atoms with Crippen molar-refractivity contribution in [2.45, 2.75) is 51.6 Å². The van der Waals surface area contributed by atoms with Crippen LogP contribution in [0.4, 0.5) is 5.82 Å². The third-order valence-corrected chi connectivity index (χ3v) is 4.73. The summed E-state index contributed by atoms with van der Waals surface area (Å²) >= 11 is 0. The summed E-state index contributed by atoms with van der Waals surface area (Å²) in [6.45, 7) is 6.89. The van der Waals surface area contributed by atoms with Crippen LogP contribution < -0.4 is 5.32 Å². The molecule has 0 unspecified atom stereocenters. The van der Waals surface area contributed by atoms with E-state index in [1.807, 2.05) is 6.07 Å². The van der Waals surface area contributed by atoms with Crippen molar-refractivity contribution in [3.05, 3.63) is 24.3 Å².